The molecule has 1 heterocycles. The quantitative estimate of drug-likeness (QED) is 0.907. The van der Waals surface area contributed by atoms with Gasteiger partial charge in [0.05, 0.1) is 12.4 Å². The summed E-state index contributed by atoms with van der Waals surface area (Å²) in [6.07, 6.45) is 6.53. The van der Waals surface area contributed by atoms with Crippen LogP contribution >= 0.6 is 0 Å². The number of fused-ring (bicyclic) bond motifs is 1. The molecule has 1 aliphatic carbocycles. The number of nitrogens with zero attached hydrogens (tertiary/aromatic N) is 2. The van der Waals surface area contributed by atoms with Gasteiger partial charge in [-0.05, 0) is 42.9 Å². The maximum atomic E-state index is 12.2. The Morgan fingerprint density at radius 1 is 1.05 bits per heavy atom. The first-order valence-electron chi connectivity index (χ1n) is 7.12. The first-order chi connectivity index (χ1) is 10.6. The molecule has 1 amide bonds. The molecule has 0 saturated carbocycles. The fourth-order valence-electron chi connectivity index (χ4n) is 2.64. The summed E-state index contributed by atoms with van der Waals surface area (Å²) in [7, 11) is 0. The number of hydrogen-bond donors (Lipinski definition) is 2. The Bertz CT molecular complexity index is 726. The van der Waals surface area contributed by atoms with Gasteiger partial charge < -0.3 is 10.4 Å². The van der Waals surface area contributed by atoms with E-state index in [1.54, 1.807) is 0 Å². The SMILES string of the molecule is O=C(O)c1cnc(C(=O)Nc2cccc3c2CCCC3)cn1. The van der Waals surface area contributed by atoms with Gasteiger partial charge in [-0.25, -0.2) is 14.8 Å². The van der Waals surface area contributed by atoms with Crippen LogP contribution in [-0.2, 0) is 12.8 Å². The Labute approximate surface area is 127 Å². The van der Waals surface area contributed by atoms with Gasteiger partial charge in [0, 0.05) is 5.69 Å². The molecule has 0 saturated heterocycles. The Morgan fingerprint density at radius 2 is 1.77 bits per heavy atom. The Balaban J connectivity index is 1.81. The van der Waals surface area contributed by atoms with Gasteiger partial charge in [0.15, 0.2) is 5.69 Å². The topological polar surface area (TPSA) is 92.2 Å². The van der Waals surface area contributed by atoms with Crippen LogP contribution in [0.3, 0.4) is 0 Å². The number of benzene rings is 1. The number of aromatic nitrogens is 2. The first-order valence-corrected chi connectivity index (χ1v) is 7.12. The Hall–Kier alpha value is -2.76. The molecule has 0 radical (unpaired) electrons. The zero-order valence-corrected chi connectivity index (χ0v) is 11.9. The van der Waals surface area contributed by atoms with Gasteiger partial charge in [-0.1, -0.05) is 12.1 Å². The van der Waals surface area contributed by atoms with Crippen molar-refractivity contribution in [1.29, 1.82) is 0 Å². The maximum absolute atomic E-state index is 12.2. The monoisotopic (exact) mass is 297 g/mol. The fraction of sp³-hybridized carbons (Fsp3) is 0.250. The molecule has 1 aromatic heterocycles. The van der Waals surface area contributed by atoms with Crippen LogP contribution in [0.1, 0.15) is 44.9 Å². The minimum Gasteiger partial charge on any atom is -0.476 e. The lowest BCUT2D eigenvalue weighted by atomic mass is 9.90. The minimum atomic E-state index is -1.17. The lowest BCUT2D eigenvalue weighted by Gasteiger charge is -2.19. The highest BCUT2D eigenvalue weighted by atomic mass is 16.4. The average Bonchev–Trinajstić information content (AvgIpc) is 2.55. The van der Waals surface area contributed by atoms with E-state index in [2.05, 4.69) is 21.4 Å². The van der Waals surface area contributed by atoms with Gasteiger partial charge in [-0.3, -0.25) is 4.79 Å². The van der Waals surface area contributed by atoms with E-state index in [4.69, 9.17) is 5.11 Å². The number of carboxylic acids is 1. The molecule has 22 heavy (non-hydrogen) atoms. The van der Waals surface area contributed by atoms with E-state index in [1.165, 1.54) is 23.7 Å². The number of aryl methyl sites for hydroxylation is 1. The number of rotatable bonds is 3. The van der Waals surface area contributed by atoms with Crippen LogP contribution in [0.15, 0.2) is 30.6 Å². The molecule has 0 unspecified atom stereocenters. The number of aromatic carboxylic acids is 1. The van der Waals surface area contributed by atoms with E-state index < -0.39 is 5.97 Å². The zero-order valence-electron chi connectivity index (χ0n) is 11.9. The van der Waals surface area contributed by atoms with Crippen molar-refractivity contribution < 1.29 is 14.7 Å². The predicted molar refractivity (Wildman–Crippen MR) is 80.0 cm³/mol. The number of nitrogens with one attached hydrogen (secondary N) is 1. The van der Waals surface area contributed by atoms with E-state index in [0.717, 1.165) is 31.1 Å². The number of hydrogen-bond acceptors (Lipinski definition) is 4. The van der Waals surface area contributed by atoms with Crippen LogP contribution < -0.4 is 5.32 Å². The second-order valence-corrected chi connectivity index (χ2v) is 5.20. The molecule has 2 aromatic rings. The third-order valence-electron chi connectivity index (χ3n) is 3.75. The van der Waals surface area contributed by atoms with Crippen molar-refractivity contribution in [3.8, 4) is 0 Å². The summed E-state index contributed by atoms with van der Waals surface area (Å²) in [6, 6.07) is 5.89. The van der Waals surface area contributed by atoms with Gasteiger partial charge in [-0.15, -0.1) is 0 Å². The lowest BCUT2D eigenvalue weighted by Crippen LogP contribution is -2.17. The molecule has 0 atom stereocenters. The number of carboxylic acid groups (broad SMARTS) is 1. The average molecular weight is 297 g/mol. The molecule has 0 bridgehead atoms. The second kappa shape index (κ2) is 5.93. The summed E-state index contributed by atoms with van der Waals surface area (Å²) in [5.41, 5.74) is 3.16. The van der Waals surface area contributed by atoms with Crippen molar-refractivity contribution in [3.63, 3.8) is 0 Å². The van der Waals surface area contributed by atoms with Crippen molar-refractivity contribution in [1.82, 2.24) is 9.97 Å². The summed E-state index contributed by atoms with van der Waals surface area (Å²) in [6.45, 7) is 0. The molecule has 0 spiro atoms. The highest BCUT2D eigenvalue weighted by molar-refractivity contribution is 6.03. The molecule has 112 valence electrons. The van der Waals surface area contributed by atoms with E-state index in [0.29, 0.717) is 0 Å². The van der Waals surface area contributed by atoms with Crippen molar-refractivity contribution in [2.75, 3.05) is 5.32 Å². The molecular formula is C16H15N3O3. The summed E-state index contributed by atoms with van der Waals surface area (Å²) >= 11 is 0. The molecule has 0 aliphatic heterocycles. The first kappa shape index (κ1) is 14.2. The van der Waals surface area contributed by atoms with Crippen molar-refractivity contribution in [2.45, 2.75) is 25.7 Å². The fourth-order valence-corrected chi connectivity index (χ4v) is 2.64. The smallest absolute Gasteiger partial charge is 0.356 e. The summed E-state index contributed by atoms with van der Waals surface area (Å²) in [4.78, 5) is 30.5. The van der Waals surface area contributed by atoms with Gasteiger partial charge in [0.1, 0.15) is 5.69 Å². The molecule has 0 fully saturated rings. The van der Waals surface area contributed by atoms with Crippen LogP contribution in [0.25, 0.3) is 0 Å². The normalized spacial score (nSPS) is 13.3. The molecule has 6 nitrogen and oxygen atoms in total. The second-order valence-electron chi connectivity index (χ2n) is 5.20. The third-order valence-corrected chi connectivity index (χ3v) is 3.75. The highest BCUT2D eigenvalue weighted by Gasteiger charge is 2.16. The number of anilines is 1. The summed E-state index contributed by atoms with van der Waals surface area (Å²) in [5.74, 6) is -1.56. The standard InChI is InChI=1S/C16H15N3O3/c20-15(13-8-18-14(9-17-13)16(21)22)19-12-7-3-5-10-4-1-2-6-11(10)12/h3,5,7-9H,1-2,4,6H2,(H,19,20)(H,21,22). The molecule has 1 aliphatic rings. The molecular weight excluding hydrogens is 282 g/mol. The summed E-state index contributed by atoms with van der Waals surface area (Å²) < 4.78 is 0. The highest BCUT2D eigenvalue weighted by Crippen LogP contribution is 2.28. The number of carbonyl (C=O) groups is 2. The maximum Gasteiger partial charge on any atom is 0.356 e. The Morgan fingerprint density at radius 3 is 2.50 bits per heavy atom. The molecule has 3 rings (SSSR count). The summed E-state index contributed by atoms with van der Waals surface area (Å²) in [5, 5.41) is 11.6. The molecule has 1 aromatic carbocycles. The largest absolute Gasteiger partial charge is 0.476 e. The number of carbonyl (C=O) groups excluding carboxylic acids is 1. The van der Waals surface area contributed by atoms with Crippen LogP contribution in [0.2, 0.25) is 0 Å². The third kappa shape index (κ3) is 2.81. The van der Waals surface area contributed by atoms with Gasteiger partial charge >= 0.3 is 5.97 Å². The van der Waals surface area contributed by atoms with E-state index in [-0.39, 0.29) is 17.3 Å². The van der Waals surface area contributed by atoms with E-state index in [9.17, 15) is 9.59 Å². The van der Waals surface area contributed by atoms with Crippen molar-refractivity contribution in [2.24, 2.45) is 0 Å². The number of amides is 1. The predicted octanol–water partition coefficient (Wildman–Crippen LogP) is 2.31. The van der Waals surface area contributed by atoms with E-state index in [1.807, 2.05) is 12.1 Å². The van der Waals surface area contributed by atoms with Crippen LogP contribution in [0.5, 0.6) is 0 Å². The van der Waals surface area contributed by atoms with Crippen molar-refractivity contribution >= 4 is 17.6 Å². The Kier molecular flexibility index (Phi) is 3.82. The van der Waals surface area contributed by atoms with Gasteiger partial charge in [0.2, 0.25) is 0 Å². The van der Waals surface area contributed by atoms with Crippen LogP contribution in [-0.4, -0.2) is 27.0 Å². The van der Waals surface area contributed by atoms with Crippen molar-refractivity contribution in [3.05, 3.63) is 53.1 Å². The lowest BCUT2D eigenvalue weighted by molar-refractivity contribution is 0.0689. The van der Waals surface area contributed by atoms with E-state index >= 15 is 0 Å². The minimum absolute atomic E-state index is 0.0958. The molecule has 6 heteroatoms. The van der Waals surface area contributed by atoms with Crippen LogP contribution in [0.4, 0.5) is 5.69 Å². The zero-order chi connectivity index (χ0) is 15.5. The van der Waals surface area contributed by atoms with Gasteiger partial charge in [0.25, 0.3) is 5.91 Å². The molecule has 2 N–H and O–H groups in total. The van der Waals surface area contributed by atoms with Gasteiger partial charge in [-0.2, -0.15) is 0 Å². The van der Waals surface area contributed by atoms with Crippen LogP contribution in [0, 0.1) is 0 Å².